The van der Waals surface area contributed by atoms with Crippen LogP contribution in [0, 0.1) is 129 Å². The molecule has 0 unspecified atom stereocenters. The number of nitro groups is 2. The third-order valence-electron chi connectivity index (χ3n) is 22.0. The second-order valence-corrected chi connectivity index (χ2v) is 33.3. The van der Waals surface area contributed by atoms with Crippen LogP contribution in [-0.4, -0.2) is 174 Å². The van der Waals surface area contributed by atoms with Crippen molar-refractivity contribution in [1.82, 2.24) is 59.2 Å². The van der Waals surface area contributed by atoms with Crippen molar-refractivity contribution in [2.24, 2.45) is 11.5 Å². The molecule has 8 aliphatic rings. The van der Waals surface area contributed by atoms with E-state index in [1.807, 2.05) is 54.8 Å². The Kier molecular flexibility index (Phi) is 64.5. The third kappa shape index (κ3) is 50.7. The highest BCUT2D eigenvalue weighted by Gasteiger charge is 2.32. The SMILES string of the molecule is C#CC#CC.C#CC#CC#C.C#CC#CC#CC.CC#CC.CCN(CC)CC.CCOC(=O)C(=O)Cl.CCOC(=O)C(=O)Nc1cccnc1NC1CCCC1.CCOC(=O)c1nc2cccnc2n1C1CCCC1.NC1CC1.NC1CCCC1.Nc1cccnc1NC1CCCC1.O=C(NC1CC1)c1nc2cccnc2n1C1CCCC1.O=[N+]([O-])c1cccnc1Cl.O=[N+]([O-])c1cccnc1NC1CCCC1. The predicted octanol–water partition coefficient (Wildman–Crippen LogP) is 18.3. The quantitative estimate of drug-likeness (QED) is 0.00484. The summed E-state index contributed by atoms with van der Waals surface area (Å²) < 4.78 is 18.0. The Balaban J connectivity index is 0.000000411. The fourth-order valence-corrected chi connectivity index (χ4v) is 14.8. The van der Waals surface area contributed by atoms with Crippen LogP contribution in [0.1, 0.15) is 282 Å². The van der Waals surface area contributed by atoms with Crippen LogP contribution in [0.25, 0.3) is 22.3 Å². The van der Waals surface area contributed by atoms with Gasteiger partial charge in [0.25, 0.3) is 5.91 Å². The van der Waals surface area contributed by atoms with Gasteiger partial charge in [0.15, 0.2) is 11.3 Å². The molecule has 768 valence electrons. The molecule has 8 aromatic heterocycles. The number of halogens is 2. The summed E-state index contributed by atoms with van der Waals surface area (Å²) in [6, 6.07) is 24.0. The Morgan fingerprint density at radius 3 is 1.19 bits per heavy atom. The number of carbonyl (C=O) groups is 6. The van der Waals surface area contributed by atoms with Gasteiger partial charge in [0.05, 0.1) is 41.0 Å². The second-order valence-electron chi connectivity index (χ2n) is 32.6. The number of amides is 2. The normalized spacial score (nSPS) is 14.1. The average Bonchev–Trinajstić information content (AvgIpc) is 1.50. The highest BCUT2D eigenvalue weighted by atomic mass is 35.5. The van der Waals surface area contributed by atoms with E-state index < -0.39 is 32.9 Å². The molecular weight excluding hydrogens is 1870 g/mol. The molecule has 8 saturated carbocycles. The van der Waals surface area contributed by atoms with Crippen molar-refractivity contribution in [1.29, 1.82) is 0 Å². The van der Waals surface area contributed by atoms with E-state index >= 15 is 0 Å². The zero-order chi connectivity index (χ0) is 106. The van der Waals surface area contributed by atoms with Crippen LogP contribution in [0.4, 0.5) is 40.2 Å². The van der Waals surface area contributed by atoms with E-state index in [4.69, 9.17) is 70.8 Å². The van der Waals surface area contributed by atoms with E-state index in [9.17, 15) is 49.0 Å². The van der Waals surface area contributed by atoms with E-state index in [2.05, 4.69) is 189 Å². The molecule has 144 heavy (non-hydrogen) atoms. The first kappa shape index (κ1) is 124. The van der Waals surface area contributed by atoms with Crippen LogP contribution in [-0.2, 0) is 33.4 Å². The Morgan fingerprint density at radius 2 is 0.819 bits per heavy atom. The molecule has 11 N–H and O–H groups in total. The molecule has 34 nitrogen and oxygen atoms in total. The van der Waals surface area contributed by atoms with E-state index in [-0.39, 0.29) is 41.6 Å². The van der Waals surface area contributed by atoms with Gasteiger partial charge >= 0.3 is 40.4 Å². The smallest absolute Gasteiger partial charge is 0.397 e. The van der Waals surface area contributed by atoms with Gasteiger partial charge in [-0.25, -0.2) is 54.3 Å². The lowest BCUT2D eigenvalue weighted by molar-refractivity contribution is -0.385. The number of nitrogens with one attached hydrogen (secondary N) is 5. The van der Waals surface area contributed by atoms with Crippen molar-refractivity contribution in [3.8, 4) is 109 Å². The van der Waals surface area contributed by atoms with Crippen molar-refractivity contribution < 1.29 is 52.8 Å². The Labute approximate surface area is 858 Å². The van der Waals surface area contributed by atoms with Crippen molar-refractivity contribution in [2.75, 3.05) is 66.5 Å². The molecule has 8 fully saturated rings. The minimum atomic E-state index is -1.08. The molecule has 0 bridgehead atoms. The second kappa shape index (κ2) is 75.2. The van der Waals surface area contributed by atoms with Crippen LogP contribution < -0.4 is 43.8 Å². The molecule has 8 heterocycles. The zero-order valence-corrected chi connectivity index (χ0v) is 86.0. The lowest BCUT2D eigenvalue weighted by atomic mass is 10.2. The Bertz CT molecular complexity index is 5750. The third-order valence-corrected chi connectivity index (χ3v) is 22.4. The number of esters is 3. The van der Waals surface area contributed by atoms with E-state index in [0.29, 0.717) is 83.9 Å². The maximum absolute atomic E-state index is 12.4. The number of imidazole rings is 2. The number of nitrogens with zero attached hydrogens (tertiary/aromatic N) is 13. The zero-order valence-electron chi connectivity index (χ0n) is 84.5. The number of pyridine rings is 6. The van der Waals surface area contributed by atoms with Crippen molar-refractivity contribution in [3.63, 3.8) is 0 Å². The fraction of sp³-hybridized carbons (Fsp3) is 0.481. The van der Waals surface area contributed by atoms with E-state index in [1.54, 1.807) is 83.8 Å². The van der Waals surface area contributed by atoms with Gasteiger partial charge < -0.3 is 67.5 Å². The molecule has 0 atom stereocenters. The largest absolute Gasteiger partial charge is 0.460 e. The molecule has 0 spiro atoms. The van der Waals surface area contributed by atoms with Crippen molar-refractivity contribution >= 4 is 121 Å². The van der Waals surface area contributed by atoms with Gasteiger partial charge in [-0.15, -0.1) is 37.5 Å². The highest BCUT2D eigenvalue weighted by molar-refractivity contribution is 6.80. The number of terminal acetylenes is 4. The maximum Gasteiger partial charge on any atom is 0.397 e. The number of nitrogen functional groups attached to an aromatic ring is 1. The molecule has 8 aromatic rings. The molecular formula is C108H139Cl2N21O13. The lowest BCUT2D eigenvalue weighted by Crippen LogP contribution is -2.29. The van der Waals surface area contributed by atoms with Gasteiger partial charge in [0.1, 0.15) is 22.7 Å². The van der Waals surface area contributed by atoms with Gasteiger partial charge in [-0.2, -0.15) is 0 Å². The Morgan fingerprint density at radius 1 is 0.444 bits per heavy atom. The number of nitrogens with two attached hydrogens (primary N) is 3. The predicted molar refractivity (Wildman–Crippen MR) is 571 cm³/mol. The van der Waals surface area contributed by atoms with E-state index in [1.165, 1.54) is 160 Å². The topological polar surface area (TPSA) is 471 Å². The number of aromatic nitrogens is 10. The van der Waals surface area contributed by atoms with Crippen LogP contribution in [0.5, 0.6) is 0 Å². The van der Waals surface area contributed by atoms with Crippen LogP contribution in [0.3, 0.4) is 0 Å². The van der Waals surface area contributed by atoms with Crippen LogP contribution in [0.15, 0.2) is 110 Å². The van der Waals surface area contributed by atoms with Gasteiger partial charge in [0.2, 0.25) is 22.6 Å². The number of hydrogen-bond donors (Lipinski definition) is 8. The first-order chi connectivity index (χ1) is 69.7. The molecule has 0 radical (unpaired) electrons. The first-order valence-electron chi connectivity index (χ1n) is 48.7. The summed E-state index contributed by atoms with van der Waals surface area (Å²) in [5, 5.41) is 35.1. The summed E-state index contributed by atoms with van der Waals surface area (Å²) in [6.45, 7) is 23.0. The van der Waals surface area contributed by atoms with Crippen molar-refractivity contribution in [2.45, 2.75) is 297 Å². The minimum Gasteiger partial charge on any atom is -0.460 e. The summed E-state index contributed by atoms with van der Waals surface area (Å²) in [7, 11) is 0. The minimum absolute atomic E-state index is 0.0441. The Hall–Kier alpha value is -14.6. The van der Waals surface area contributed by atoms with Crippen LogP contribution >= 0.6 is 23.2 Å². The van der Waals surface area contributed by atoms with Gasteiger partial charge in [-0.1, -0.05) is 121 Å². The lowest BCUT2D eigenvalue weighted by Gasteiger charge is -2.16. The maximum atomic E-state index is 12.4. The summed E-state index contributed by atoms with van der Waals surface area (Å²) in [5.41, 5.74) is 20.9. The molecule has 36 heteroatoms. The molecule has 2 amide bonds. The number of anilines is 5. The van der Waals surface area contributed by atoms with Gasteiger partial charge in [-0.3, -0.25) is 39.2 Å². The molecule has 0 aliphatic heterocycles. The van der Waals surface area contributed by atoms with Gasteiger partial charge in [0, 0.05) is 97.6 Å². The fourth-order valence-electron chi connectivity index (χ4n) is 14.5. The summed E-state index contributed by atoms with van der Waals surface area (Å²) >= 11 is 10.1. The number of fused-ring (bicyclic) bond motifs is 2. The number of ether oxygens (including phenoxy) is 3. The van der Waals surface area contributed by atoms with E-state index in [0.717, 1.165) is 98.0 Å². The molecule has 0 aromatic carbocycles. The van der Waals surface area contributed by atoms with Gasteiger partial charge in [-0.05, 0) is 302 Å². The number of carbonyl (C=O) groups excluding carboxylic acids is 6. The highest BCUT2D eigenvalue weighted by Crippen LogP contribution is 2.36. The van der Waals surface area contributed by atoms with Crippen LogP contribution in [0.2, 0.25) is 5.15 Å². The monoisotopic (exact) mass is 2010 g/mol. The summed E-state index contributed by atoms with van der Waals surface area (Å²) in [4.78, 5) is 123. The van der Waals surface area contributed by atoms with Crippen molar-refractivity contribution in [3.05, 3.63) is 147 Å². The summed E-state index contributed by atoms with van der Waals surface area (Å²) in [5.74, 6) is 32.8. The number of rotatable bonds is 21. The molecule has 16 rings (SSSR count). The molecule has 8 aliphatic carbocycles. The first-order valence-corrected chi connectivity index (χ1v) is 49.4. The molecule has 0 saturated heterocycles. The summed E-state index contributed by atoms with van der Waals surface area (Å²) in [6.07, 6.45) is 62.3. The number of hydrogen-bond acceptors (Lipinski definition) is 28. The standard InChI is InChI=1S/C15H18N4O.C14H19N3O3.C14H17N3O2.C10H13N3O2.C10H15N3.C7H4.C6H15N.C6H2.C5H3ClN2O2.C5H11N.C5H4.C4H5ClO3.C4H6.C3H7N/c20-15(17-10-7-8-10)14-18-12-6-3-9-16-13(12)19(14)11-4-1-2-5-11;1-2-20-14(19)13(18)17-11-8-5-9-15-12(11)16-10-6-3-4-7-10;1-2-19-14(18)13-16-11-8-5-9-15-12(11)17(13)10-6-3-4-7-10;14-13(15)9-6-3-7-11-10(9)12-8-4-1-2-5-8;11-9-6-3-7-12-10(9)13-8-4-1-2-5-8;1-3-5-7-6-4-2;1-4-7(5-2)6-3;1-3-5-6-4-2;6-5-4(8(9)10)2-1-3-7-5;6-5-3-1-2-4-5;1-3-5-4-2;1-2-8-4(7)3(5)6;1-3-4-2;4-3-1-2-3/h3,6,9-11H,1-2,4-5,7-8H2,(H,17,20);5,8-10H,2-4,6-7H2,1H3,(H,15,16)(H,17,18);5,8-10H,2-4,6-7H2,1H3;3,6-8H,1-2,4-5H2,(H,11,12);3,6-8H,1-2,4-5,11H2,(H,12,13);1H,2H3;4-6H2,1-3H3;1-2H;1-3H;5H,1-4,6H2;1H,2H3;2H2,1H3;1-2H3;3H,1-2,4H2. The average molecular weight is 2010 g/mol.